The third-order valence-corrected chi connectivity index (χ3v) is 4.85. The first kappa shape index (κ1) is 22.4. The maximum Gasteiger partial charge on any atom is 0.268 e. The molecule has 1 aromatic heterocycles. The van der Waals surface area contributed by atoms with Crippen molar-refractivity contribution in [3.63, 3.8) is 0 Å². The van der Waals surface area contributed by atoms with Crippen LogP contribution in [0.2, 0.25) is 0 Å². The third kappa shape index (κ3) is 5.09. The van der Waals surface area contributed by atoms with Gasteiger partial charge in [-0.1, -0.05) is 66.7 Å². The molecule has 0 saturated heterocycles. The van der Waals surface area contributed by atoms with Crippen LogP contribution in [0.15, 0.2) is 108 Å². The Labute approximate surface area is 201 Å². The van der Waals surface area contributed by atoms with Crippen molar-refractivity contribution in [3.05, 3.63) is 121 Å². The number of hydrogen-bond acceptors (Lipinski definition) is 2. The predicted octanol–water partition coefficient (Wildman–Crippen LogP) is 4.97. The quantitative estimate of drug-likeness (QED) is 0.163. The van der Waals surface area contributed by atoms with E-state index >= 15 is 0 Å². The van der Waals surface area contributed by atoms with Gasteiger partial charge in [0.15, 0.2) is 0 Å². The van der Waals surface area contributed by atoms with Gasteiger partial charge in [-0.15, -0.1) is 0 Å². The van der Waals surface area contributed by atoms with Crippen LogP contribution >= 0.6 is 0 Å². The van der Waals surface area contributed by atoms with Gasteiger partial charge in [-0.05, 0) is 17.8 Å². The molecule has 5 aromatic rings. The van der Waals surface area contributed by atoms with Gasteiger partial charge in [0.05, 0.1) is 22.7 Å². The van der Waals surface area contributed by atoms with Gasteiger partial charge < -0.3 is 17.2 Å². The molecule has 0 atom stereocenters. The zero-order valence-electron chi connectivity index (χ0n) is 16.4. The number of nitrogens with zero attached hydrogens (tertiary/aromatic N) is 3. The molecule has 0 aliphatic heterocycles. The number of nitriles is 1. The van der Waals surface area contributed by atoms with E-state index in [1.807, 2.05) is 94.1 Å². The van der Waals surface area contributed by atoms with Crippen molar-refractivity contribution in [1.82, 2.24) is 4.57 Å². The van der Waals surface area contributed by atoms with Gasteiger partial charge in [0, 0.05) is 26.8 Å². The first-order chi connectivity index (χ1) is 14.8. The summed E-state index contributed by atoms with van der Waals surface area (Å²) in [5.74, 6) is 0. The molecular formula is C26H17N3PtS-2. The van der Waals surface area contributed by atoms with Crippen LogP contribution in [0.3, 0.4) is 0 Å². The van der Waals surface area contributed by atoms with Crippen molar-refractivity contribution in [2.75, 3.05) is 0 Å². The molecule has 1 heterocycles. The SMILES string of the molecule is N#Cc1ccccc1.[Pt].[S-]c1ccccc1-[n+]1[c-]n(-c2[c-]cccc2)c2ccccc21. The summed E-state index contributed by atoms with van der Waals surface area (Å²) >= 11 is 5.47. The van der Waals surface area contributed by atoms with E-state index in [9.17, 15) is 0 Å². The van der Waals surface area contributed by atoms with Crippen LogP contribution in [-0.2, 0) is 33.7 Å². The Morgan fingerprint density at radius 2 is 1.48 bits per heavy atom. The molecule has 154 valence electrons. The largest absolute Gasteiger partial charge is 0.784 e. The fourth-order valence-corrected chi connectivity index (χ4v) is 3.33. The number of imidazole rings is 1. The first-order valence-corrected chi connectivity index (χ1v) is 9.82. The summed E-state index contributed by atoms with van der Waals surface area (Å²) in [6, 6.07) is 38.4. The summed E-state index contributed by atoms with van der Waals surface area (Å²) in [6.45, 7) is 0. The number of hydrogen-bond donors (Lipinski definition) is 0. The molecule has 0 aliphatic rings. The van der Waals surface area contributed by atoms with Gasteiger partial charge >= 0.3 is 0 Å². The zero-order chi connectivity index (χ0) is 20.8. The molecule has 0 saturated carbocycles. The minimum Gasteiger partial charge on any atom is -0.784 e. The second kappa shape index (κ2) is 10.7. The molecule has 0 bridgehead atoms. The van der Waals surface area contributed by atoms with Crippen molar-refractivity contribution < 1.29 is 25.6 Å². The van der Waals surface area contributed by atoms with E-state index in [1.54, 1.807) is 12.1 Å². The fraction of sp³-hybridized carbons (Fsp3) is 0. The maximum absolute atomic E-state index is 8.29. The summed E-state index contributed by atoms with van der Waals surface area (Å²) in [4.78, 5) is 0.809. The fourth-order valence-electron chi connectivity index (χ4n) is 3.09. The number of rotatable bonds is 2. The minimum atomic E-state index is 0. The van der Waals surface area contributed by atoms with E-state index in [2.05, 4.69) is 24.5 Å². The van der Waals surface area contributed by atoms with Crippen LogP contribution in [0.5, 0.6) is 0 Å². The van der Waals surface area contributed by atoms with Crippen molar-refractivity contribution >= 4 is 23.7 Å². The van der Waals surface area contributed by atoms with E-state index in [-0.39, 0.29) is 21.1 Å². The number of para-hydroxylation sites is 4. The Hall–Kier alpha value is -3.25. The van der Waals surface area contributed by atoms with Crippen LogP contribution in [0.1, 0.15) is 5.56 Å². The summed E-state index contributed by atoms with van der Waals surface area (Å²) in [7, 11) is 0. The van der Waals surface area contributed by atoms with Crippen LogP contribution in [0.25, 0.3) is 22.4 Å². The maximum atomic E-state index is 8.29. The molecule has 0 N–H and O–H groups in total. The molecule has 0 unspecified atom stereocenters. The average Bonchev–Trinajstić information content (AvgIpc) is 3.20. The summed E-state index contributed by atoms with van der Waals surface area (Å²) < 4.78 is 4.02. The standard InChI is InChI=1S/C19H13N2S.C7H5N.Pt/c22-19-13-7-6-12-18(19)21-14-20(15-8-2-1-3-9-15)16-10-4-5-11-17(16)21;8-6-7-4-2-1-3-5-7;/h1-8,10-13,22H;1-5H;/q-1;;/p-1. The Morgan fingerprint density at radius 1 is 0.806 bits per heavy atom. The normalized spacial score (nSPS) is 9.77. The second-order valence-electron chi connectivity index (χ2n) is 6.45. The zero-order valence-corrected chi connectivity index (χ0v) is 19.5. The van der Waals surface area contributed by atoms with Crippen molar-refractivity contribution in [3.8, 4) is 17.4 Å². The van der Waals surface area contributed by atoms with Gasteiger partial charge in [0.2, 0.25) is 0 Å². The van der Waals surface area contributed by atoms with Crippen molar-refractivity contribution in [2.45, 2.75) is 4.90 Å². The molecule has 5 heteroatoms. The van der Waals surface area contributed by atoms with Crippen LogP contribution in [-0.4, -0.2) is 4.57 Å². The first-order valence-electron chi connectivity index (χ1n) is 9.41. The van der Waals surface area contributed by atoms with Crippen LogP contribution in [0.4, 0.5) is 0 Å². The summed E-state index contributed by atoms with van der Waals surface area (Å²) in [6.07, 6.45) is 3.40. The van der Waals surface area contributed by atoms with E-state index in [0.717, 1.165) is 27.3 Å². The molecule has 0 amide bonds. The summed E-state index contributed by atoms with van der Waals surface area (Å²) in [5, 5.41) is 8.29. The van der Waals surface area contributed by atoms with Crippen molar-refractivity contribution in [2.24, 2.45) is 0 Å². The van der Waals surface area contributed by atoms with Crippen molar-refractivity contribution in [1.29, 1.82) is 5.26 Å². The van der Waals surface area contributed by atoms with Gasteiger partial charge in [-0.2, -0.15) is 40.5 Å². The predicted molar refractivity (Wildman–Crippen MR) is 119 cm³/mol. The average molecular weight is 599 g/mol. The summed E-state index contributed by atoms with van der Waals surface area (Å²) in [5.41, 5.74) is 4.77. The topological polar surface area (TPSA) is 32.6 Å². The molecule has 3 nitrogen and oxygen atoms in total. The molecular weight excluding hydrogens is 581 g/mol. The molecule has 0 aliphatic carbocycles. The Balaban J connectivity index is 0.000000258. The Morgan fingerprint density at radius 3 is 2.16 bits per heavy atom. The van der Waals surface area contributed by atoms with Gasteiger partial charge in [-0.3, -0.25) is 4.57 Å². The number of aromatic nitrogens is 2. The van der Waals surface area contributed by atoms with Gasteiger partial charge in [0.1, 0.15) is 0 Å². The number of benzene rings is 4. The van der Waals surface area contributed by atoms with Crippen LogP contribution in [0, 0.1) is 23.7 Å². The number of fused-ring (bicyclic) bond motifs is 1. The Kier molecular flexibility index (Phi) is 7.73. The van der Waals surface area contributed by atoms with Crippen LogP contribution < -0.4 is 4.57 Å². The smallest absolute Gasteiger partial charge is 0.268 e. The van der Waals surface area contributed by atoms with E-state index in [1.165, 1.54) is 0 Å². The Bertz CT molecular complexity index is 1310. The second-order valence-corrected chi connectivity index (χ2v) is 6.89. The van der Waals surface area contributed by atoms with Gasteiger partial charge in [-0.25, -0.2) is 0 Å². The van der Waals surface area contributed by atoms with E-state index in [4.69, 9.17) is 17.9 Å². The van der Waals surface area contributed by atoms with E-state index < -0.39 is 0 Å². The molecule has 5 rings (SSSR count). The third-order valence-electron chi connectivity index (χ3n) is 4.51. The molecule has 0 fully saturated rings. The van der Waals surface area contributed by atoms with E-state index in [0.29, 0.717) is 5.56 Å². The van der Waals surface area contributed by atoms with Gasteiger partial charge in [0.25, 0.3) is 6.33 Å². The minimum absolute atomic E-state index is 0. The molecule has 31 heavy (non-hydrogen) atoms. The molecule has 0 spiro atoms. The molecule has 4 aromatic carbocycles. The molecule has 0 radical (unpaired) electrons. The monoisotopic (exact) mass is 598 g/mol.